The molecule has 0 fully saturated rings. The van der Waals surface area contributed by atoms with E-state index in [1.165, 1.54) is 12.1 Å². The van der Waals surface area contributed by atoms with Crippen LogP contribution in [0.5, 0.6) is 0 Å². The van der Waals surface area contributed by atoms with Crippen LogP contribution in [0.2, 0.25) is 0 Å². The first kappa shape index (κ1) is 14.0. The van der Waals surface area contributed by atoms with E-state index in [2.05, 4.69) is 4.98 Å². The number of hydrogen-bond acceptors (Lipinski definition) is 4. The second-order valence-electron chi connectivity index (χ2n) is 5.39. The number of aryl methyl sites for hydroxylation is 1. The minimum Gasteiger partial charge on any atom is -0.330 e. The van der Waals surface area contributed by atoms with Gasteiger partial charge in [-0.05, 0) is 24.3 Å². The quantitative estimate of drug-likeness (QED) is 0.721. The number of sulfonamides is 1. The summed E-state index contributed by atoms with van der Waals surface area (Å²) in [6.07, 6.45) is 0. The molecule has 0 spiro atoms. The van der Waals surface area contributed by atoms with E-state index in [1.807, 2.05) is 31.3 Å². The van der Waals surface area contributed by atoms with Crippen molar-refractivity contribution in [3.05, 3.63) is 59.9 Å². The fourth-order valence-electron chi connectivity index (χ4n) is 2.85. The number of amides is 1. The highest BCUT2D eigenvalue weighted by Crippen LogP contribution is 2.31. The third-order valence-electron chi connectivity index (χ3n) is 4.08. The molecule has 7 heteroatoms. The summed E-state index contributed by atoms with van der Waals surface area (Å²) < 4.78 is 27.9. The topological polar surface area (TPSA) is 72.3 Å². The maximum atomic E-state index is 12.6. The van der Waals surface area contributed by atoms with Crippen molar-refractivity contribution < 1.29 is 13.2 Å². The summed E-state index contributed by atoms with van der Waals surface area (Å²) in [6.45, 7) is -0.0823. The average Bonchev–Trinajstić information content (AvgIpc) is 2.97. The highest BCUT2D eigenvalue weighted by atomic mass is 32.2. The molecule has 0 aliphatic carbocycles. The molecule has 0 saturated carbocycles. The lowest BCUT2D eigenvalue weighted by Gasteiger charge is -2.14. The Balaban J connectivity index is 1.80. The Bertz CT molecular complexity index is 1050. The van der Waals surface area contributed by atoms with Crippen LogP contribution in [-0.2, 0) is 23.6 Å². The first-order chi connectivity index (χ1) is 11.0. The number of carbonyl (C=O) groups excluding carboxylic acids is 1. The van der Waals surface area contributed by atoms with E-state index in [9.17, 15) is 13.2 Å². The molecule has 0 N–H and O–H groups in total. The van der Waals surface area contributed by atoms with Crippen molar-refractivity contribution >= 4 is 27.0 Å². The molecule has 0 radical (unpaired) electrons. The zero-order valence-corrected chi connectivity index (χ0v) is 13.1. The molecular weight excluding hydrogens is 314 g/mol. The van der Waals surface area contributed by atoms with Gasteiger partial charge in [0.25, 0.3) is 15.9 Å². The summed E-state index contributed by atoms with van der Waals surface area (Å²) in [5.41, 5.74) is 1.88. The normalized spacial score (nSPS) is 16.0. The summed E-state index contributed by atoms with van der Waals surface area (Å²) in [5.74, 6) is 0.0172. The molecule has 1 aromatic heterocycles. The maximum absolute atomic E-state index is 12.6. The van der Waals surface area contributed by atoms with Crippen molar-refractivity contribution in [2.45, 2.75) is 11.4 Å². The largest absolute Gasteiger partial charge is 0.330 e. The predicted octanol–water partition coefficient (Wildman–Crippen LogP) is 1.92. The van der Waals surface area contributed by atoms with E-state index >= 15 is 0 Å². The molecule has 116 valence electrons. The fraction of sp³-hybridized carbons (Fsp3) is 0.125. The van der Waals surface area contributed by atoms with E-state index in [0.717, 1.165) is 15.3 Å². The Morgan fingerprint density at radius 1 is 1.04 bits per heavy atom. The van der Waals surface area contributed by atoms with Gasteiger partial charge in [-0.15, -0.1) is 0 Å². The second-order valence-corrected chi connectivity index (χ2v) is 7.22. The molecule has 2 heterocycles. The molecule has 6 nitrogen and oxygen atoms in total. The first-order valence-corrected chi connectivity index (χ1v) is 8.50. The van der Waals surface area contributed by atoms with Gasteiger partial charge in [0.2, 0.25) is 0 Å². The molecule has 4 rings (SSSR count). The van der Waals surface area contributed by atoms with Gasteiger partial charge in [0, 0.05) is 7.05 Å². The van der Waals surface area contributed by atoms with E-state index in [4.69, 9.17) is 0 Å². The van der Waals surface area contributed by atoms with Gasteiger partial charge in [-0.2, -0.15) is 0 Å². The molecule has 2 aromatic carbocycles. The Morgan fingerprint density at radius 3 is 2.48 bits per heavy atom. The molecular formula is C16H13N3O3S. The van der Waals surface area contributed by atoms with Gasteiger partial charge in [-0.1, -0.05) is 24.3 Å². The van der Waals surface area contributed by atoms with Gasteiger partial charge in [-0.25, -0.2) is 17.7 Å². The fourth-order valence-corrected chi connectivity index (χ4v) is 4.38. The van der Waals surface area contributed by atoms with Crippen LogP contribution in [0.1, 0.15) is 16.2 Å². The van der Waals surface area contributed by atoms with Crippen LogP contribution in [0.25, 0.3) is 11.0 Å². The highest BCUT2D eigenvalue weighted by Gasteiger charge is 2.41. The number of benzene rings is 2. The first-order valence-electron chi connectivity index (χ1n) is 7.06. The zero-order valence-electron chi connectivity index (χ0n) is 12.3. The number of rotatable bonds is 2. The van der Waals surface area contributed by atoms with Crippen molar-refractivity contribution in [1.29, 1.82) is 0 Å². The van der Waals surface area contributed by atoms with Crippen molar-refractivity contribution in [1.82, 2.24) is 13.9 Å². The number of aromatic nitrogens is 2. The molecule has 3 aromatic rings. The molecule has 0 atom stereocenters. The Morgan fingerprint density at radius 2 is 1.74 bits per heavy atom. The number of fused-ring (bicyclic) bond motifs is 2. The summed E-state index contributed by atoms with van der Waals surface area (Å²) >= 11 is 0. The average molecular weight is 327 g/mol. The molecule has 1 aliphatic heterocycles. The number of carbonyl (C=O) groups is 1. The van der Waals surface area contributed by atoms with Crippen molar-refractivity contribution in [3.63, 3.8) is 0 Å². The predicted molar refractivity (Wildman–Crippen MR) is 84.2 cm³/mol. The summed E-state index contributed by atoms with van der Waals surface area (Å²) in [5, 5.41) is 0. The third-order valence-corrected chi connectivity index (χ3v) is 5.86. The Kier molecular flexibility index (Phi) is 2.83. The molecule has 23 heavy (non-hydrogen) atoms. The van der Waals surface area contributed by atoms with E-state index < -0.39 is 15.9 Å². The van der Waals surface area contributed by atoms with Crippen LogP contribution in [-0.4, -0.2) is 28.2 Å². The van der Waals surface area contributed by atoms with Crippen LogP contribution < -0.4 is 0 Å². The van der Waals surface area contributed by atoms with Crippen LogP contribution in [0, 0.1) is 0 Å². The van der Waals surface area contributed by atoms with Gasteiger partial charge in [0.05, 0.1) is 23.1 Å². The van der Waals surface area contributed by atoms with Crippen LogP contribution in [0.3, 0.4) is 0 Å². The van der Waals surface area contributed by atoms with Crippen LogP contribution in [0.4, 0.5) is 0 Å². The lowest BCUT2D eigenvalue weighted by molar-refractivity contribution is 0.0862. The smallest absolute Gasteiger partial charge is 0.269 e. The van der Waals surface area contributed by atoms with Gasteiger partial charge < -0.3 is 4.57 Å². The molecule has 0 saturated heterocycles. The van der Waals surface area contributed by atoms with Gasteiger partial charge in [0.15, 0.2) is 0 Å². The van der Waals surface area contributed by atoms with Gasteiger partial charge in [0.1, 0.15) is 10.7 Å². The molecule has 1 amide bonds. The molecule has 0 bridgehead atoms. The van der Waals surface area contributed by atoms with E-state index in [1.54, 1.807) is 16.7 Å². The lowest BCUT2D eigenvalue weighted by Crippen LogP contribution is -2.30. The molecule has 0 unspecified atom stereocenters. The minimum atomic E-state index is -3.82. The minimum absolute atomic E-state index is 0.0590. The number of hydrogen-bond donors (Lipinski definition) is 0. The van der Waals surface area contributed by atoms with E-state index in [0.29, 0.717) is 5.82 Å². The lowest BCUT2D eigenvalue weighted by atomic mass is 10.2. The highest BCUT2D eigenvalue weighted by molar-refractivity contribution is 7.90. The Labute approximate surface area is 133 Å². The van der Waals surface area contributed by atoms with Crippen molar-refractivity contribution in [2.24, 2.45) is 7.05 Å². The number of nitrogens with zero attached hydrogens (tertiary/aromatic N) is 3. The van der Waals surface area contributed by atoms with Crippen LogP contribution in [0.15, 0.2) is 53.4 Å². The van der Waals surface area contributed by atoms with Gasteiger partial charge in [-0.3, -0.25) is 4.79 Å². The second kappa shape index (κ2) is 4.66. The standard InChI is InChI=1S/C16H13N3O3S/c1-18-13-8-4-3-7-12(13)17-15(18)10-19-16(20)11-6-2-5-9-14(11)23(19,21)22/h2-9H,10H2,1H3. The molecule has 1 aliphatic rings. The van der Waals surface area contributed by atoms with E-state index in [-0.39, 0.29) is 17.0 Å². The van der Waals surface area contributed by atoms with Gasteiger partial charge >= 0.3 is 0 Å². The SMILES string of the molecule is Cn1c(CN2C(=O)c3ccccc3S2(=O)=O)nc2ccccc21. The maximum Gasteiger partial charge on any atom is 0.269 e. The van der Waals surface area contributed by atoms with Crippen molar-refractivity contribution in [2.75, 3.05) is 0 Å². The monoisotopic (exact) mass is 327 g/mol. The number of para-hydroxylation sites is 2. The van der Waals surface area contributed by atoms with Crippen molar-refractivity contribution in [3.8, 4) is 0 Å². The summed E-state index contributed by atoms with van der Waals surface area (Å²) in [6, 6.07) is 13.8. The Hall–Kier alpha value is -2.67. The third kappa shape index (κ3) is 1.90. The number of imidazole rings is 1. The summed E-state index contributed by atoms with van der Waals surface area (Å²) in [7, 11) is -2.01. The van der Waals surface area contributed by atoms with Crippen LogP contribution >= 0.6 is 0 Å². The summed E-state index contributed by atoms with van der Waals surface area (Å²) in [4.78, 5) is 17.0. The zero-order chi connectivity index (χ0) is 16.2.